The summed E-state index contributed by atoms with van der Waals surface area (Å²) in [6.45, 7) is 5.69. The highest BCUT2D eigenvalue weighted by molar-refractivity contribution is 6.00. The standard InChI is InChI=1S/C32H39F3N4O7/c1-29(2,3)39(25-15-45-17-30(25,41)16-42-4)28(40)46-31(18-43-5)19-44-14-24(31)36-27-23-9-7-6-8-22(23)26(37-38-27)20-10-12-21(13-11-20)32(33,34)35/h6-13,24-25,41H,14-19H2,1-5H3,(H,36,38). The van der Waals surface area contributed by atoms with Crippen LogP contribution in [0.5, 0.6) is 0 Å². The maximum Gasteiger partial charge on any atom is 0.416 e. The van der Waals surface area contributed by atoms with Crippen molar-refractivity contribution < 1.29 is 46.8 Å². The molecule has 11 nitrogen and oxygen atoms in total. The molecule has 3 aromatic rings. The number of nitrogens with one attached hydrogen (secondary N) is 1. The van der Waals surface area contributed by atoms with Crippen molar-refractivity contribution in [3.8, 4) is 11.3 Å². The molecule has 0 saturated carbocycles. The van der Waals surface area contributed by atoms with Crippen LogP contribution in [0.4, 0.5) is 23.8 Å². The number of rotatable bonds is 9. The number of anilines is 1. The lowest BCUT2D eigenvalue weighted by molar-refractivity contribution is -0.137. The summed E-state index contributed by atoms with van der Waals surface area (Å²) in [5.74, 6) is 0.365. The number of hydrogen-bond donors (Lipinski definition) is 2. The molecule has 5 rings (SSSR count). The van der Waals surface area contributed by atoms with Crippen LogP contribution in [0.25, 0.3) is 22.0 Å². The maximum absolute atomic E-state index is 14.1. The normalized spacial score (nSPS) is 25.2. The fourth-order valence-electron chi connectivity index (χ4n) is 6.09. The third-order valence-electron chi connectivity index (χ3n) is 8.30. The SMILES string of the molecule is COCC1(O)COCC1N(C(=O)OC1(COC)COCC1Nc1nnc(-c2ccc(C(F)(F)F)cc2)c2ccccc12)C(C)(C)C. The zero-order valence-corrected chi connectivity index (χ0v) is 26.4. The number of alkyl halides is 3. The molecule has 2 fully saturated rings. The van der Waals surface area contributed by atoms with E-state index in [1.54, 1.807) is 6.07 Å². The van der Waals surface area contributed by atoms with E-state index in [9.17, 15) is 23.1 Å². The first-order valence-electron chi connectivity index (χ1n) is 14.8. The third kappa shape index (κ3) is 6.63. The first-order chi connectivity index (χ1) is 21.7. The van der Waals surface area contributed by atoms with Gasteiger partial charge >= 0.3 is 12.3 Å². The first kappa shape index (κ1) is 33.8. The Balaban J connectivity index is 1.45. The highest BCUT2D eigenvalue weighted by Crippen LogP contribution is 2.37. The number of ether oxygens (including phenoxy) is 5. The number of halogens is 3. The van der Waals surface area contributed by atoms with Crippen molar-refractivity contribution >= 4 is 22.7 Å². The van der Waals surface area contributed by atoms with Crippen molar-refractivity contribution in [1.29, 1.82) is 0 Å². The molecule has 14 heteroatoms. The smallest absolute Gasteiger partial charge is 0.416 e. The predicted molar refractivity (Wildman–Crippen MR) is 162 cm³/mol. The van der Waals surface area contributed by atoms with Crippen LogP contribution >= 0.6 is 0 Å². The summed E-state index contributed by atoms with van der Waals surface area (Å²) in [4.78, 5) is 15.5. The Morgan fingerprint density at radius 2 is 1.63 bits per heavy atom. The Morgan fingerprint density at radius 3 is 2.26 bits per heavy atom. The summed E-state index contributed by atoms with van der Waals surface area (Å²) in [5, 5.41) is 24.8. The molecule has 46 heavy (non-hydrogen) atoms. The summed E-state index contributed by atoms with van der Waals surface area (Å²) in [6.07, 6.45) is -5.15. The molecule has 2 N–H and O–H groups in total. The van der Waals surface area contributed by atoms with Gasteiger partial charge in [0.05, 0.1) is 57.3 Å². The minimum Gasteiger partial charge on any atom is -0.436 e. The number of methoxy groups -OCH3 is 2. The van der Waals surface area contributed by atoms with Crippen molar-refractivity contribution in [2.75, 3.05) is 59.2 Å². The van der Waals surface area contributed by atoms with Crippen LogP contribution in [0.2, 0.25) is 0 Å². The van der Waals surface area contributed by atoms with E-state index in [4.69, 9.17) is 23.7 Å². The van der Waals surface area contributed by atoms with Crippen LogP contribution in [0.1, 0.15) is 26.3 Å². The van der Waals surface area contributed by atoms with Gasteiger partial charge in [-0.2, -0.15) is 13.2 Å². The molecule has 0 radical (unpaired) electrons. The first-order valence-corrected chi connectivity index (χ1v) is 14.8. The van der Waals surface area contributed by atoms with Gasteiger partial charge < -0.3 is 34.1 Å². The van der Waals surface area contributed by atoms with Crippen LogP contribution in [-0.4, -0.2) is 109 Å². The molecule has 2 aliphatic rings. The summed E-state index contributed by atoms with van der Waals surface area (Å²) < 4.78 is 68.0. The van der Waals surface area contributed by atoms with E-state index in [1.165, 1.54) is 31.3 Å². The van der Waals surface area contributed by atoms with Crippen LogP contribution < -0.4 is 5.32 Å². The van der Waals surface area contributed by atoms with Crippen LogP contribution in [0.15, 0.2) is 48.5 Å². The number of fused-ring (bicyclic) bond motifs is 1. The highest BCUT2D eigenvalue weighted by Gasteiger charge is 2.54. The number of benzene rings is 2. The Kier molecular flexibility index (Phi) is 9.49. The Morgan fingerprint density at radius 1 is 0.978 bits per heavy atom. The van der Waals surface area contributed by atoms with Gasteiger partial charge in [0.25, 0.3) is 0 Å². The fourth-order valence-corrected chi connectivity index (χ4v) is 6.09. The molecule has 2 saturated heterocycles. The monoisotopic (exact) mass is 648 g/mol. The molecule has 0 spiro atoms. The van der Waals surface area contributed by atoms with Gasteiger partial charge in [0.15, 0.2) is 11.4 Å². The molecular formula is C32H39F3N4O7. The van der Waals surface area contributed by atoms with Gasteiger partial charge in [-0.1, -0.05) is 36.4 Å². The molecule has 2 aromatic carbocycles. The number of carbonyl (C=O) groups excluding carboxylic acids is 1. The second-order valence-electron chi connectivity index (χ2n) is 12.7. The summed E-state index contributed by atoms with van der Waals surface area (Å²) in [5.41, 5.74) is -3.39. The average molecular weight is 649 g/mol. The van der Waals surface area contributed by atoms with E-state index in [0.717, 1.165) is 12.1 Å². The minimum atomic E-state index is -4.46. The predicted octanol–water partition coefficient (Wildman–Crippen LogP) is 4.52. The Labute approximate surface area is 264 Å². The van der Waals surface area contributed by atoms with Crippen molar-refractivity contribution in [3.05, 3.63) is 54.1 Å². The van der Waals surface area contributed by atoms with Gasteiger partial charge in [0.1, 0.15) is 11.3 Å². The molecule has 4 atom stereocenters. The van der Waals surface area contributed by atoms with Gasteiger partial charge in [-0.25, -0.2) is 4.79 Å². The quantitative estimate of drug-likeness (QED) is 0.342. The zero-order valence-electron chi connectivity index (χ0n) is 26.4. The van der Waals surface area contributed by atoms with E-state index < -0.39 is 46.7 Å². The van der Waals surface area contributed by atoms with Crippen molar-refractivity contribution in [2.45, 2.75) is 55.8 Å². The second kappa shape index (κ2) is 12.9. The van der Waals surface area contributed by atoms with Gasteiger partial charge in [-0.15, -0.1) is 10.2 Å². The Bertz CT molecular complexity index is 1530. The average Bonchev–Trinajstić information content (AvgIpc) is 3.55. The molecule has 250 valence electrons. The molecule has 1 amide bonds. The molecule has 0 aliphatic carbocycles. The van der Waals surface area contributed by atoms with Crippen molar-refractivity contribution in [1.82, 2.24) is 15.1 Å². The van der Waals surface area contributed by atoms with E-state index in [1.807, 2.05) is 39.0 Å². The minimum absolute atomic E-state index is 0.00388. The second-order valence-corrected chi connectivity index (χ2v) is 12.7. The van der Waals surface area contributed by atoms with Gasteiger partial charge in [-0.3, -0.25) is 4.90 Å². The van der Waals surface area contributed by atoms with E-state index in [-0.39, 0.29) is 39.6 Å². The van der Waals surface area contributed by atoms with E-state index in [0.29, 0.717) is 27.8 Å². The van der Waals surface area contributed by atoms with E-state index in [2.05, 4.69) is 15.5 Å². The van der Waals surface area contributed by atoms with Gasteiger partial charge in [0.2, 0.25) is 0 Å². The number of aromatic nitrogens is 2. The van der Waals surface area contributed by atoms with Gasteiger partial charge in [-0.05, 0) is 32.9 Å². The van der Waals surface area contributed by atoms with Crippen LogP contribution in [0.3, 0.4) is 0 Å². The molecular weight excluding hydrogens is 609 g/mol. The summed E-state index contributed by atoms with van der Waals surface area (Å²) >= 11 is 0. The fraction of sp³-hybridized carbons (Fsp3) is 0.531. The number of carbonyl (C=O) groups is 1. The number of aliphatic hydroxyl groups is 1. The number of amides is 1. The van der Waals surface area contributed by atoms with Crippen LogP contribution in [0, 0.1) is 0 Å². The molecule has 4 unspecified atom stereocenters. The molecule has 1 aromatic heterocycles. The third-order valence-corrected chi connectivity index (χ3v) is 8.30. The lowest BCUT2D eigenvalue weighted by Crippen LogP contribution is -2.64. The van der Waals surface area contributed by atoms with Crippen molar-refractivity contribution in [2.24, 2.45) is 0 Å². The zero-order chi connectivity index (χ0) is 33.3. The summed E-state index contributed by atoms with van der Waals surface area (Å²) in [6, 6.07) is 10.6. The summed E-state index contributed by atoms with van der Waals surface area (Å²) in [7, 11) is 2.96. The lowest BCUT2D eigenvalue weighted by Gasteiger charge is -2.45. The van der Waals surface area contributed by atoms with Crippen LogP contribution in [-0.2, 0) is 29.9 Å². The molecule has 3 heterocycles. The molecule has 2 aliphatic heterocycles. The Hall–Kier alpha value is -3.56. The highest BCUT2D eigenvalue weighted by atomic mass is 19.4. The number of hydrogen-bond acceptors (Lipinski definition) is 10. The number of nitrogens with zero attached hydrogens (tertiary/aromatic N) is 3. The topological polar surface area (TPSA) is 125 Å². The molecule has 0 bridgehead atoms. The van der Waals surface area contributed by atoms with Crippen molar-refractivity contribution in [3.63, 3.8) is 0 Å². The maximum atomic E-state index is 14.1. The van der Waals surface area contributed by atoms with E-state index >= 15 is 0 Å². The van der Waals surface area contributed by atoms with Gasteiger partial charge in [0, 0.05) is 36.1 Å². The lowest BCUT2D eigenvalue weighted by atomic mass is 9.93. The largest absolute Gasteiger partial charge is 0.436 e.